The maximum Gasteiger partial charge on any atom is 0.261 e. The molecule has 2 aromatic carbocycles. The molecule has 0 spiro atoms. The van der Waals surface area contributed by atoms with Gasteiger partial charge in [-0.15, -0.1) is 0 Å². The summed E-state index contributed by atoms with van der Waals surface area (Å²) < 4.78 is 45.8. The summed E-state index contributed by atoms with van der Waals surface area (Å²) in [5, 5.41) is 2.84. The van der Waals surface area contributed by atoms with E-state index in [1.54, 1.807) is 6.92 Å². The number of anilines is 1. The van der Waals surface area contributed by atoms with Crippen LogP contribution in [0.4, 0.5) is 10.1 Å². The number of nitrogens with one attached hydrogen (secondary N) is 2. The summed E-state index contributed by atoms with van der Waals surface area (Å²) in [7, 11) is -3.83. The van der Waals surface area contributed by atoms with Gasteiger partial charge in [-0.1, -0.05) is 13.3 Å². The predicted octanol–water partition coefficient (Wildman–Crippen LogP) is 3.62. The second kappa shape index (κ2) is 9.54. The van der Waals surface area contributed by atoms with Crippen LogP contribution >= 0.6 is 0 Å². The number of carbonyl (C=O) groups is 1. The van der Waals surface area contributed by atoms with Gasteiger partial charge in [0.1, 0.15) is 11.6 Å². The molecule has 28 heavy (non-hydrogen) atoms. The van der Waals surface area contributed by atoms with Crippen molar-refractivity contribution in [3.8, 4) is 5.75 Å². The van der Waals surface area contributed by atoms with Crippen molar-refractivity contribution in [2.45, 2.75) is 44.6 Å². The minimum absolute atomic E-state index is 0.0442. The first kappa shape index (κ1) is 21.7. The summed E-state index contributed by atoms with van der Waals surface area (Å²) in [5.41, 5.74) is 0.841. The van der Waals surface area contributed by atoms with Gasteiger partial charge < -0.3 is 10.1 Å². The number of halogens is 1. The van der Waals surface area contributed by atoms with E-state index in [1.807, 2.05) is 13.8 Å². The number of sulfonamides is 1. The zero-order valence-electron chi connectivity index (χ0n) is 16.2. The molecule has 1 atom stereocenters. The zero-order valence-corrected chi connectivity index (χ0v) is 17.0. The van der Waals surface area contributed by atoms with Crippen molar-refractivity contribution in [2.75, 3.05) is 11.3 Å². The van der Waals surface area contributed by atoms with Crippen LogP contribution in [-0.4, -0.2) is 27.0 Å². The van der Waals surface area contributed by atoms with Crippen LogP contribution in [0.15, 0.2) is 47.4 Å². The lowest BCUT2D eigenvalue weighted by Crippen LogP contribution is -2.36. The number of carbonyl (C=O) groups excluding carboxylic acids is 1. The van der Waals surface area contributed by atoms with Crippen molar-refractivity contribution in [3.63, 3.8) is 0 Å². The van der Waals surface area contributed by atoms with Crippen molar-refractivity contribution in [1.29, 1.82) is 0 Å². The smallest absolute Gasteiger partial charge is 0.261 e. The van der Waals surface area contributed by atoms with Crippen LogP contribution in [0.1, 0.15) is 32.3 Å². The normalized spacial score (nSPS) is 12.3. The molecule has 2 aromatic rings. The molecule has 0 unspecified atom stereocenters. The van der Waals surface area contributed by atoms with E-state index in [-0.39, 0.29) is 29.1 Å². The number of ether oxygens (including phenoxy) is 1. The van der Waals surface area contributed by atoms with E-state index in [0.717, 1.165) is 12.8 Å². The maximum absolute atomic E-state index is 13.0. The Bertz CT molecular complexity index is 914. The van der Waals surface area contributed by atoms with Crippen LogP contribution in [0.2, 0.25) is 0 Å². The van der Waals surface area contributed by atoms with Gasteiger partial charge in [-0.2, -0.15) is 0 Å². The molecule has 0 aromatic heterocycles. The Morgan fingerprint density at radius 1 is 1.18 bits per heavy atom. The number of hydrogen-bond acceptors (Lipinski definition) is 4. The van der Waals surface area contributed by atoms with Gasteiger partial charge in [0.15, 0.2) is 6.61 Å². The minimum atomic E-state index is -3.83. The highest BCUT2D eigenvalue weighted by Gasteiger charge is 2.16. The van der Waals surface area contributed by atoms with Crippen LogP contribution in [0, 0.1) is 12.7 Å². The van der Waals surface area contributed by atoms with Gasteiger partial charge in [0.05, 0.1) is 4.90 Å². The first-order chi connectivity index (χ1) is 13.2. The summed E-state index contributed by atoms with van der Waals surface area (Å²) in [6, 6.07) is 9.47. The molecule has 2 N–H and O–H groups in total. The fourth-order valence-electron chi connectivity index (χ4n) is 2.65. The molecular formula is C20H25FN2O4S. The Morgan fingerprint density at radius 2 is 1.86 bits per heavy atom. The maximum atomic E-state index is 13.0. The van der Waals surface area contributed by atoms with Crippen LogP contribution in [-0.2, 0) is 14.8 Å². The summed E-state index contributed by atoms with van der Waals surface area (Å²) in [6.07, 6.45) is 1.86. The molecular weight excluding hydrogens is 383 g/mol. The highest BCUT2D eigenvalue weighted by atomic mass is 32.2. The van der Waals surface area contributed by atoms with E-state index in [9.17, 15) is 17.6 Å². The van der Waals surface area contributed by atoms with Crippen molar-refractivity contribution < 1.29 is 22.3 Å². The molecule has 0 aliphatic carbocycles. The summed E-state index contributed by atoms with van der Waals surface area (Å²) >= 11 is 0. The fourth-order valence-corrected chi connectivity index (χ4v) is 3.79. The largest absolute Gasteiger partial charge is 0.484 e. The molecule has 0 radical (unpaired) electrons. The van der Waals surface area contributed by atoms with Gasteiger partial charge in [0.25, 0.3) is 15.9 Å². The first-order valence-corrected chi connectivity index (χ1v) is 10.5. The van der Waals surface area contributed by atoms with E-state index in [1.165, 1.54) is 42.5 Å². The zero-order chi connectivity index (χ0) is 20.7. The lowest BCUT2D eigenvalue weighted by atomic mass is 10.2. The third-order valence-corrected chi connectivity index (χ3v) is 5.42. The molecule has 1 amide bonds. The van der Waals surface area contributed by atoms with Crippen LogP contribution in [0.25, 0.3) is 0 Å². The van der Waals surface area contributed by atoms with Crippen LogP contribution < -0.4 is 14.8 Å². The van der Waals surface area contributed by atoms with E-state index in [2.05, 4.69) is 10.0 Å². The van der Waals surface area contributed by atoms with Crippen LogP contribution in [0.5, 0.6) is 5.75 Å². The third-order valence-electron chi connectivity index (χ3n) is 4.04. The van der Waals surface area contributed by atoms with E-state index >= 15 is 0 Å². The molecule has 0 saturated heterocycles. The molecule has 2 rings (SSSR count). The number of aryl methyl sites for hydroxylation is 1. The molecule has 0 aliphatic heterocycles. The van der Waals surface area contributed by atoms with E-state index in [0.29, 0.717) is 11.3 Å². The fraction of sp³-hybridized carbons (Fsp3) is 0.350. The predicted molar refractivity (Wildman–Crippen MR) is 106 cm³/mol. The number of hydrogen-bond donors (Lipinski definition) is 2. The third kappa shape index (κ3) is 6.23. The van der Waals surface area contributed by atoms with E-state index in [4.69, 9.17) is 4.74 Å². The second-order valence-corrected chi connectivity index (χ2v) is 8.27. The quantitative estimate of drug-likeness (QED) is 0.664. The Kier molecular flexibility index (Phi) is 7.39. The highest BCUT2D eigenvalue weighted by molar-refractivity contribution is 7.92. The lowest BCUT2D eigenvalue weighted by molar-refractivity contribution is -0.123. The first-order valence-electron chi connectivity index (χ1n) is 9.02. The second-order valence-electron chi connectivity index (χ2n) is 6.59. The number of amides is 1. The Morgan fingerprint density at radius 3 is 2.46 bits per heavy atom. The molecule has 6 nitrogen and oxygen atoms in total. The summed E-state index contributed by atoms with van der Waals surface area (Å²) in [5.74, 6) is -0.248. The van der Waals surface area contributed by atoms with E-state index < -0.39 is 15.8 Å². The molecule has 0 saturated carbocycles. The Hall–Kier alpha value is -2.61. The average molecular weight is 408 g/mol. The van der Waals surface area contributed by atoms with Gasteiger partial charge >= 0.3 is 0 Å². The number of rotatable bonds is 9. The van der Waals surface area contributed by atoms with Crippen molar-refractivity contribution in [2.24, 2.45) is 0 Å². The monoisotopic (exact) mass is 408 g/mol. The van der Waals surface area contributed by atoms with Gasteiger partial charge in [-0.05, 0) is 68.3 Å². The average Bonchev–Trinajstić information content (AvgIpc) is 2.62. The SMILES string of the molecule is CCC[C@H](C)NC(=O)COc1ccc(S(=O)(=O)Nc2ccc(F)cc2)cc1C. The summed E-state index contributed by atoms with van der Waals surface area (Å²) in [4.78, 5) is 11.9. The van der Waals surface area contributed by atoms with Crippen molar-refractivity contribution in [1.82, 2.24) is 5.32 Å². The van der Waals surface area contributed by atoms with Gasteiger partial charge in [-0.3, -0.25) is 9.52 Å². The van der Waals surface area contributed by atoms with Gasteiger partial charge in [0, 0.05) is 11.7 Å². The Labute approximate surface area is 165 Å². The van der Waals surface area contributed by atoms with Crippen LogP contribution in [0.3, 0.4) is 0 Å². The molecule has 0 heterocycles. The van der Waals surface area contributed by atoms with Crippen molar-refractivity contribution >= 4 is 21.6 Å². The molecule has 0 aliphatic rings. The van der Waals surface area contributed by atoms with Gasteiger partial charge in [0.2, 0.25) is 0 Å². The lowest BCUT2D eigenvalue weighted by Gasteiger charge is -2.15. The molecule has 0 bridgehead atoms. The topological polar surface area (TPSA) is 84.5 Å². The number of benzene rings is 2. The molecule has 8 heteroatoms. The standard InChI is InChI=1S/C20H25FN2O4S/c1-4-5-15(3)22-20(24)13-27-19-11-10-18(12-14(19)2)28(25,26)23-17-8-6-16(21)7-9-17/h6-12,15,23H,4-5,13H2,1-3H3,(H,22,24)/t15-/m0/s1. The summed E-state index contributed by atoms with van der Waals surface area (Å²) in [6.45, 7) is 5.53. The molecule has 152 valence electrons. The minimum Gasteiger partial charge on any atom is -0.484 e. The van der Waals surface area contributed by atoms with Gasteiger partial charge in [-0.25, -0.2) is 12.8 Å². The Balaban J connectivity index is 2.02. The highest BCUT2D eigenvalue weighted by Crippen LogP contribution is 2.23. The van der Waals surface area contributed by atoms with Crippen molar-refractivity contribution in [3.05, 3.63) is 53.8 Å². The molecule has 0 fully saturated rings.